The van der Waals surface area contributed by atoms with Gasteiger partial charge in [-0.2, -0.15) is 0 Å². The Morgan fingerprint density at radius 2 is 1.58 bits per heavy atom. The van der Waals surface area contributed by atoms with Crippen molar-refractivity contribution >= 4 is 36.2 Å². The summed E-state index contributed by atoms with van der Waals surface area (Å²) in [5.41, 5.74) is 9.94. The molecule has 1 fully saturated rings. The second-order valence-electron chi connectivity index (χ2n) is 10.5. The zero-order valence-corrected chi connectivity index (χ0v) is 22.2. The van der Waals surface area contributed by atoms with Gasteiger partial charge in [-0.1, -0.05) is 6.92 Å². The van der Waals surface area contributed by atoms with Crippen molar-refractivity contribution in [2.75, 3.05) is 0 Å². The monoisotopic (exact) mass is 514 g/mol. The van der Waals surface area contributed by atoms with E-state index in [-0.39, 0.29) is 24.7 Å². The lowest BCUT2D eigenvalue weighted by Crippen LogP contribution is -2.11. The third-order valence-corrected chi connectivity index (χ3v) is 7.84. The third-order valence-electron chi connectivity index (χ3n) is 7.84. The maximum absolute atomic E-state index is 11.4. The van der Waals surface area contributed by atoms with Crippen LogP contribution in [0.2, 0.25) is 0 Å². The van der Waals surface area contributed by atoms with Crippen LogP contribution in [0.4, 0.5) is 0 Å². The third kappa shape index (κ3) is 4.98. The van der Waals surface area contributed by atoms with Gasteiger partial charge in [0.05, 0.1) is 0 Å². The molecule has 0 spiro atoms. The summed E-state index contributed by atoms with van der Waals surface area (Å²) in [5.74, 6) is -1.58. The molecule has 0 aliphatic carbocycles. The normalized spacial score (nSPS) is 22.7. The number of fused-ring (bicyclic) bond motifs is 8. The van der Waals surface area contributed by atoms with Crippen LogP contribution in [-0.4, -0.2) is 37.1 Å². The molecule has 2 atom stereocenters. The molecule has 0 unspecified atom stereocenters. The predicted octanol–water partition coefficient (Wildman–Crippen LogP) is 3.69. The van der Waals surface area contributed by atoms with Crippen LogP contribution in [0.1, 0.15) is 71.2 Å². The number of aromatic amines is 3. The number of hydrogen-bond acceptors (Lipinski definition) is 3. The Labute approximate surface area is 220 Å². The van der Waals surface area contributed by atoms with E-state index in [1.165, 1.54) is 0 Å². The molecule has 3 aromatic heterocycles. The number of allylic oxidation sites excluding steroid dienone is 2. The standard InChI is InChI=1S/C30H34N4O4/c1-15-9-20-12-25-17(3)21(5-7-29(35)36)27(33-25)14-28-22(6-8-30(37)38)18(4)26(34-28)13-24-16(2)10-19(32-24)11-23(15)31-20/h9-14,17,21,31-34H,5-8H2,1-4H3,(H,35,36)(H,37,38)/b19-11-,24-13-,25-12-,27-14-/t17-,21-/m0/s1. The first kappa shape index (κ1) is 25.4. The summed E-state index contributed by atoms with van der Waals surface area (Å²) in [4.78, 5) is 33.5. The molecule has 0 radical (unpaired) electrons. The van der Waals surface area contributed by atoms with Crippen molar-refractivity contribution in [2.24, 2.45) is 11.8 Å². The van der Waals surface area contributed by atoms with Crippen molar-refractivity contribution in [1.29, 1.82) is 0 Å². The second kappa shape index (κ2) is 9.93. The van der Waals surface area contributed by atoms with E-state index < -0.39 is 11.9 Å². The first-order valence-electron chi connectivity index (χ1n) is 13.0. The van der Waals surface area contributed by atoms with Gasteiger partial charge >= 0.3 is 11.9 Å². The Kier molecular flexibility index (Phi) is 6.65. The van der Waals surface area contributed by atoms with E-state index in [1.54, 1.807) is 0 Å². The van der Waals surface area contributed by atoms with Gasteiger partial charge in [0.25, 0.3) is 0 Å². The van der Waals surface area contributed by atoms with Gasteiger partial charge in [0.15, 0.2) is 0 Å². The molecule has 198 valence electrons. The number of carboxylic acids is 2. The first-order valence-corrected chi connectivity index (χ1v) is 13.0. The van der Waals surface area contributed by atoms with E-state index >= 15 is 0 Å². The van der Waals surface area contributed by atoms with Crippen molar-refractivity contribution in [3.05, 3.63) is 79.3 Å². The molecule has 0 amide bonds. The second-order valence-corrected chi connectivity index (χ2v) is 10.5. The molecule has 5 heterocycles. The number of hydrogen-bond donors (Lipinski definition) is 6. The molecule has 5 rings (SSSR count). The maximum atomic E-state index is 11.4. The summed E-state index contributed by atoms with van der Waals surface area (Å²) in [6, 6.07) is 4.24. The average Bonchev–Trinajstić information content (AvgIpc) is 3.53. The summed E-state index contributed by atoms with van der Waals surface area (Å²) >= 11 is 0. The SMILES string of the molecule is Cc1cc2[nH]c1/C=c1/cc(C)/c([nH]1)=C/c1[nH]c(c(CCC(=O)O)c1C)/C=C1\N/C(=C\2)[C@@H](C)[C@@H]1CCC(=O)O. The Morgan fingerprint density at radius 3 is 2.32 bits per heavy atom. The van der Waals surface area contributed by atoms with Gasteiger partial charge in [-0.25, -0.2) is 0 Å². The summed E-state index contributed by atoms with van der Waals surface area (Å²) in [5, 5.41) is 24.3. The van der Waals surface area contributed by atoms with Crippen LogP contribution in [0.25, 0.3) is 24.3 Å². The molecule has 2 aliphatic rings. The fraction of sp³-hybridized carbons (Fsp3) is 0.333. The first-order chi connectivity index (χ1) is 18.1. The van der Waals surface area contributed by atoms with Gasteiger partial charge < -0.3 is 30.5 Å². The van der Waals surface area contributed by atoms with Gasteiger partial charge in [-0.15, -0.1) is 0 Å². The van der Waals surface area contributed by atoms with Gasteiger partial charge in [-0.05, 0) is 92.3 Å². The van der Waals surface area contributed by atoms with Crippen molar-refractivity contribution in [3.63, 3.8) is 0 Å². The Morgan fingerprint density at radius 1 is 0.816 bits per heavy atom. The lowest BCUT2D eigenvalue weighted by molar-refractivity contribution is -0.138. The molecule has 3 aromatic rings. The van der Waals surface area contributed by atoms with E-state index in [9.17, 15) is 19.8 Å². The van der Waals surface area contributed by atoms with E-state index in [0.717, 1.165) is 67.1 Å². The predicted molar refractivity (Wildman–Crippen MR) is 148 cm³/mol. The summed E-state index contributed by atoms with van der Waals surface area (Å²) in [7, 11) is 0. The smallest absolute Gasteiger partial charge is 0.303 e. The van der Waals surface area contributed by atoms with Crippen LogP contribution < -0.4 is 16.0 Å². The number of aliphatic carboxylic acids is 2. The van der Waals surface area contributed by atoms with Crippen LogP contribution in [0, 0.1) is 32.6 Å². The van der Waals surface area contributed by atoms with Crippen molar-refractivity contribution in [3.8, 4) is 0 Å². The quantitative estimate of drug-likeness (QED) is 0.298. The molecule has 6 N–H and O–H groups in total. The molecule has 8 heteroatoms. The van der Waals surface area contributed by atoms with Crippen molar-refractivity contribution in [2.45, 2.75) is 53.4 Å². The molecule has 8 bridgehead atoms. The van der Waals surface area contributed by atoms with E-state index in [0.29, 0.717) is 12.8 Å². The topological polar surface area (TPSA) is 134 Å². The highest BCUT2D eigenvalue weighted by molar-refractivity contribution is 5.70. The Balaban J connectivity index is 1.74. The number of carboxylic acid groups (broad SMARTS) is 2. The molecule has 38 heavy (non-hydrogen) atoms. The summed E-state index contributed by atoms with van der Waals surface area (Å²) < 4.78 is 0. The highest BCUT2D eigenvalue weighted by Crippen LogP contribution is 2.38. The summed E-state index contributed by atoms with van der Waals surface area (Å²) in [6.45, 7) is 8.28. The molecule has 2 aliphatic heterocycles. The lowest BCUT2D eigenvalue weighted by Gasteiger charge is -2.14. The number of rotatable bonds is 6. The van der Waals surface area contributed by atoms with Gasteiger partial charge in [-0.3, -0.25) is 9.59 Å². The van der Waals surface area contributed by atoms with Crippen molar-refractivity contribution < 1.29 is 19.8 Å². The minimum atomic E-state index is -0.842. The number of aromatic nitrogens is 3. The van der Waals surface area contributed by atoms with Crippen LogP contribution in [0.5, 0.6) is 0 Å². The van der Waals surface area contributed by atoms with Crippen molar-refractivity contribution in [1.82, 2.24) is 20.3 Å². The van der Waals surface area contributed by atoms with Crippen LogP contribution in [-0.2, 0) is 16.0 Å². The van der Waals surface area contributed by atoms with E-state index in [2.05, 4.69) is 71.4 Å². The van der Waals surface area contributed by atoms with Gasteiger partial charge in [0, 0.05) is 69.5 Å². The lowest BCUT2D eigenvalue weighted by atomic mass is 9.88. The molecular formula is C30H34N4O4. The minimum absolute atomic E-state index is 0.00808. The number of nitrogens with one attached hydrogen (secondary N) is 4. The average molecular weight is 515 g/mol. The highest BCUT2D eigenvalue weighted by atomic mass is 16.4. The minimum Gasteiger partial charge on any atom is -0.481 e. The fourth-order valence-electron chi connectivity index (χ4n) is 5.64. The van der Waals surface area contributed by atoms with Crippen LogP contribution in [0.15, 0.2) is 23.5 Å². The molecular weight excluding hydrogens is 480 g/mol. The number of carbonyl (C=O) groups is 2. The largest absolute Gasteiger partial charge is 0.481 e. The molecule has 0 saturated carbocycles. The Bertz CT molecular complexity index is 1610. The van der Waals surface area contributed by atoms with Crippen LogP contribution in [0.3, 0.4) is 0 Å². The zero-order valence-electron chi connectivity index (χ0n) is 22.2. The molecule has 1 saturated heterocycles. The zero-order chi connectivity index (χ0) is 27.1. The maximum Gasteiger partial charge on any atom is 0.303 e. The van der Waals surface area contributed by atoms with Gasteiger partial charge in [0.2, 0.25) is 0 Å². The summed E-state index contributed by atoms with van der Waals surface area (Å²) in [6.07, 6.45) is 9.33. The van der Waals surface area contributed by atoms with Gasteiger partial charge in [0.1, 0.15) is 0 Å². The molecule has 8 nitrogen and oxygen atoms in total. The Hall–Kier alpha value is -4.20. The molecule has 0 aromatic carbocycles. The van der Waals surface area contributed by atoms with Crippen LogP contribution >= 0.6 is 0 Å². The highest BCUT2D eigenvalue weighted by Gasteiger charge is 2.33. The number of H-pyrrole nitrogens is 3. The number of aryl methyl sites for hydroxylation is 2. The fourth-order valence-corrected chi connectivity index (χ4v) is 5.64. The van der Waals surface area contributed by atoms with E-state index in [4.69, 9.17) is 0 Å². The van der Waals surface area contributed by atoms with E-state index in [1.807, 2.05) is 13.0 Å².